The predicted octanol–water partition coefficient (Wildman–Crippen LogP) is 2.35. The molecule has 8 nitrogen and oxygen atoms in total. The Balaban J connectivity index is 1.25. The van der Waals surface area contributed by atoms with Gasteiger partial charge in [-0.15, -0.1) is 0 Å². The van der Waals surface area contributed by atoms with Crippen LogP contribution < -0.4 is 19.7 Å². The monoisotopic (exact) mass is 411 g/mol. The first-order valence-electron chi connectivity index (χ1n) is 10.1. The van der Waals surface area contributed by atoms with Crippen molar-refractivity contribution < 1.29 is 23.8 Å². The quantitative estimate of drug-likeness (QED) is 0.731. The summed E-state index contributed by atoms with van der Waals surface area (Å²) in [6.07, 6.45) is 0. The highest BCUT2D eigenvalue weighted by atomic mass is 16.7. The highest BCUT2D eigenvalue weighted by Gasteiger charge is 2.18. The maximum atomic E-state index is 12.2. The van der Waals surface area contributed by atoms with Gasteiger partial charge in [0.1, 0.15) is 0 Å². The molecule has 0 saturated carbocycles. The summed E-state index contributed by atoms with van der Waals surface area (Å²) in [4.78, 5) is 29.1. The smallest absolute Gasteiger partial charge is 0.338 e. The third-order valence-corrected chi connectivity index (χ3v) is 5.28. The maximum Gasteiger partial charge on any atom is 0.338 e. The van der Waals surface area contributed by atoms with Gasteiger partial charge in [0.05, 0.1) is 5.56 Å². The molecule has 0 aromatic heterocycles. The second-order valence-electron chi connectivity index (χ2n) is 7.16. The average molecular weight is 411 g/mol. The molecule has 0 radical (unpaired) electrons. The van der Waals surface area contributed by atoms with Crippen molar-refractivity contribution >= 4 is 23.3 Å². The minimum absolute atomic E-state index is 0.129. The van der Waals surface area contributed by atoms with E-state index in [4.69, 9.17) is 14.2 Å². The number of nitrogens with zero attached hydrogens (tertiary/aromatic N) is 2. The average Bonchev–Trinajstić information content (AvgIpc) is 3.26. The number of carbonyl (C=O) groups is 2. The van der Waals surface area contributed by atoms with Gasteiger partial charge < -0.3 is 29.3 Å². The molecule has 1 N–H and O–H groups in total. The molecule has 2 aromatic rings. The van der Waals surface area contributed by atoms with Gasteiger partial charge in [-0.3, -0.25) is 4.79 Å². The number of piperazine rings is 1. The maximum absolute atomic E-state index is 12.2. The molecule has 2 aliphatic rings. The van der Waals surface area contributed by atoms with E-state index in [1.807, 2.05) is 24.3 Å². The topological polar surface area (TPSA) is 80.3 Å². The van der Waals surface area contributed by atoms with Gasteiger partial charge in [0.2, 0.25) is 6.79 Å². The number of likely N-dealkylation sites (N-methyl/N-ethyl adjacent to an activating group) is 1. The van der Waals surface area contributed by atoms with Crippen LogP contribution in [-0.2, 0) is 9.53 Å². The van der Waals surface area contributed by atoms with Gasteiger partial charge in [0.15, 0.2) is 18.1 Å². The van der Waals surface area contributed by atoms with Crippen LogP contribution in [0.15, 0.2) is 42.5 Å². The minimum atomic E-state index is -0.593. The number of esters is 1. The van der Waals surface area contributed by atoms with E-state index in [9.17, 15) is 9.59 Å². The number of hydrogen-bond acceptors (Lipinski definition) is 7. The van der Waals surface area contributed by atoms with Crippen molar-refractivity contribution in [1.29, 1.82) is 0 Å². The molecular weight excluding hydrogens is 386 g/mol. The van der Waals surface area contributed by atoms with E-state index in [0.29, 0.717) is 22.7 Å². The van der Waals surface area contributed by atoms with Crippen LogP contribution >= 0.6 is 0 Å². The van der Waals surface area contributed by atoms with Gasteiger partial charge in [-0.05, 0) is 49.0 Å². The van der Waals surface area contributed by atoms with Gasteiger partial charge in [-0.2, -0.15) is 0 Å². The van der Waals surface area contributed by atoms with Crippen LogP contribution in [0, 0.1) is 0 Å². The second kappa shape index (κ2) is 9.04. The molecule has 1 fully saturated rings. The molecule has 0 spiro atoms. The molecule has 158 valence electrons. The molecule has 2 aliphatic heterocycles. The fourth-order valence-electron chi connectivity index (χ4n) is 3.51. The number of ether oxygens (including phenoxy) is 3. The first-order chi connectivity index (χ1) is 14.6. The van der Waals surface area contributed by atoms with E-state index in [1.54, 1.807) is 18.2 Å². The molecular formula is C22H25N3O5. The summed E-state index contributed by atoms with van der Waals surface area (Å²) in [7, 11) is 0. The first kappa shape index (κ1) is 20.0. The molecule has 2 heterocycles. The van der Waals surface area contributed by atoms with Crippen LogP contribution in [0.2, 0.25) is 0 Å². The zero-order chi connectivity index (χ0) is 20.9. The lowest BCUT2D eigenvalue weighted by atomic mass is 10.2. The largest absolute Gasteiger partial charge is 0.454 e. The van der Waals surface area contributed by atoms with Gasteiger partial charge >= 0.3 is 5.97 Å². The third kappa shape index (κ3) is 4.65. The summed E-state index contributed by atoms with van der Waals surface area (Å²) in [5, 5.41) is 2.75. The Morgan fingerprint density at radius 1 is 1.00 bits per heavy atom. The van der Waals surface area contributed by atoms with Crippen LogP contribution in [0.3, 0.4) is 0 Å². The summed E-state index contributed by atoms with van der Waals surface area (Å²) in [6, 6.07) is 12.5. The van der Waals surface area contributed by atoms with E-state index in [1.165, 1.54) is 0 Å². The Morgan fingerprint density at radius 3 is 2.47 bits per heavy atom. The van der Waals surface area contributed by atoms with Crippen molar-refractivity contribution in [3.63, 3.8) is 0 Å². The molecule has 0 bridgehead atoms. The van der Waals surface area contributed by atoms with Crippen LogP contribution in [0.25, 0.3) is 0 Å². The molecule has 30 heavy (non-hydrogen) atoms. The summed E-state index contributed by atoms with van der Waals surface area (Å²) < 4.78 is 15.6. The SMILES string of the molecule is CCN1CCN(c2ccc(NC(=O)COC(=O)c3ccc4c(c3)OCO4)cc2)CC1. The number of anilines is 2. The highest BCUT2D eigenvalue weighted by molar-refractivity contribution is 5.95. The molecule has 8 heteroatoms. The number of benzene rings is 2. The van der Waals surface area contributed by atoms with E-state index in [0.717, 1.165) is 38.4 Å². The number of amides is 1. The Hall–Kier alpha value is -3.26. The van der Waals surface area contributed by atoms with E-state index >= 15 is 0 Å². The van der Waals surface area contributed by atoms with Crippen molar-refractivity contribution in [2.75, 3.05) is 56.3 Å². The number of nitrogens with one attached hydrogen (secondary N) is 1. The Kier molecular flexibility index (Phi) is 6.04. The third-order valence-electron chi connectivity index (χ3n) is 5.28. The summed E-state index contributed by atoms with van der Waals surface area (Å²) in [5.41, 5.74) is 2.10. The van der Waals surface area contributed by atoms with Crippen molar-refractivity contribution in [1.82, 2.24) is 4.90 Å². The van der Waals surface area contributed by atoms with Crippen molar-refractivity contribution in [2.45, 2.75) is 6.92 Å². The number of hydrogen-bond donors (Lipinski definition) is 1. The zero-order valence-electron chi connectivity index (χ0n) is 16.9. The van der Waals surface area contributed by atoms with E-state index in [2.05, 4.69) is 22.0 Å². The molecule has 0 unspecified atom stereocenters. The molecule has 4 rings (SSSR count). The Morgan fingerprint density at radius 2 is 1.73 bits per heavy atom. The van der Waals surface area contributed by atoms with E-state index in [-0.39, 0.29) is 13.4 Å². The molecule has 0 atom stereocenters. The number of rotatable bonds is 6. The van der Waals surface area contributed by atoms with Crippen molar-refractivity contribution in [2.24, 2.45) is 0 Å². The minimum Gasteiger partial charge on any atom is -0.454 e. The van der Waals surface area contributed by atoms with Gasteiger partial charge in [-0.1, -0.05) is 6.92 Å². The van der Waals surface area contributed by atoms with Gasteiger partial charge in [-0.25, -0.2) is 4.79 Å². The first-order valence-corrected chi connectivity index (χ1v) is 10.1. The normalized spacial score (nSPS) is 15.7. The second-order valence-corrected chi connectivity index (χ2v) is 7.16. The highest BCUT2D eigenvalue weighted by Crippen LogP contribution is 2.32. The van der Waals surface area contributed by atoms with Gasteiger partial charge in [0, 0.05) is 37.6 Å². The fourth-order valence-corrected chi connectivity index (χ4v) is 3.51. The lowest BCUT2D eigenvalue weighted by Crippen LogP contribution is -2.46. The Bertz CT molecular complexity index is 907. The lowest BCUT2D eigenvalue weighted by molar-refractivity contribution is -0.119. The van der Waals surface area contributed by atoms with Crippen molar-refractivity contribution in [3.05, 3.63) is 48.0 Å². The number of fused-ring (bicyclic) bond motifs is 1. The zero-order valence-corrected chi connectivity index (χ0v) is 16.9. The predicted molar refractivity (Wildman–Crippen MR) is 112 cm³/mol. The lowest BCUT2D eigenvalue weighted by Gasteiger charge is -2.35. The summed E-state index contributed by atoms with van der Waals surface area (Å²) in [6.45, 7) is 7.13. The van der Waals surface area contributed by atoms with Gasteiger partial charge in [0.25, 0.3) is 5.91 Å². The molecule has 1 saturated heterocycles. The molecule has 2 aromatic carbocycles. The summed E-state index contributed by atoms with van der Waals surface area (Å²) in [5.74, 6) is 0.0866. The van der Waals surface area contributed by atoms with Crippen LogP contribution in [0.5, 0.6) is 11.5 Å². The van der Waals surface area contributed by atoms with Crippen LogP contribution in [0.1, 0.15) is 17.3 Å². The standard InChI is InChI=1S/C22H25N3O5/c1-2-24-9-11-25(12-10-24)18-6-4-17(5-7-18)23-21(26)14-28-22(27)16-3-8-19-20(13-16)30-15-29-19/h3-8,13H,2,9-12,14-15H2,1H3,(H,23,26). The fraction of sp³-hybridized carbons (Fsp3) is 0.364. The van der Waals surface area contributed by atoms with Crippen LogP contribution in [-0.4, -0.2) is 62.9 Å². The summed E-state index contributed by atoms with van der Waals surface area (Å²) >= 11 is 0. The Labute approximate surface area is 175 Å². The number of carbonyl (C=O) groups excluding carboxylic acids is 2. The molecule has 0 aliphatic carbocycles. The van der Waals surface area contributed by atoms with E-state index < -0.39 is 11.9 Å². The molecule has 1 amide bonds. The van der Waals surface area contributed by atoms with Crippen molar-refractivity contribution in [3.8, 4) is 11.5 Å². The van der Waals surface area contributed by atoms with Crippen LogP contribution in [0.4, 0.5) is 11.4 Å².